The Kier molecular flexibility index (Phi) is 2.72. The number of nitrogens with zero attached hydrogens (tertiary/aromatic N) is 1. The van der Waals surface area contributed by atoms with E-state index in [1.807, 2.05) is 12.1 Å². The average molecular weight is 181 g/mol. The predicted octanol–water partition coefficient (Wildman–Crippen LogP) is 0.847. The van der Waals surface area contributed by atoms with Crippen LogP contribution in [0.15, 0.2) is 18.2 Å². The number of pyridine rings is 1. The van der Waals surface area contributed by atoms with Gasteiger partial charge < -0.3 is 16.2 Å². The van der Waals surface area contributed by atoms with Crippen LogP contribution in [0.4, 0.5) is 11.6 Å². The summed E-state index contributed by atoms with van der Waals surface area (Å²) in [6, 6.07) is 5.34. The van der Waals surface area contributed by atoms with Gasteiger partial charge in [0.05, 0.1) is 5.60 Å². The summed E-state index contributed by atoms with van der Waals surface area (Å²) in [7, 11) is 0. The smallest absolute Gasteiger partial charge is 0.128 e. The molecule has 0 bridgehead atoms. The van der Waals surface area contributed by atoms with Crippen LogP contribution in [0.5, 0.6) is 0 Å². The minimum atomic E-state index is -0.744. The second kappa shape index (κ2) is 3.62. The first-order valence-electron chi connectivity index (χ1n) is 4.16. The summed E-state index contributed by atoms with van der Waals surface area (Å²) in [6.07, 6.45) is 0. The number of aromatic nitrogens is 1. The van der Waals surface area contributed by atoms with Crippen molar-refractivity contribution in [3.63, 3.8) is 0 Å². The Morgan fingerprint density at radius 1 is 1.54 bits per heavy atom. The molecular weight excluding hydrogens is 166 g/mol. The van der Waals surface area contributed by atoms with E-state index in [9.17, 15) is 5.11 Å². The Morgan fingerprint density at radius 2 is 2.23 bits per heavy atom. The van der Waals surface area contributed by atoms with Crippen molar-refractivity contribution in [3.8, 4) is 0 Å². The van der Waals surface area contributed by atoms with Gasteiger partial charge in [-0.15, -0.1) is 0 Å². The van der Waals surface area contributed by atoms with E-state index in [0.717, 1.165) is 0 Å². The standard InChI is InChI=1S/C9H15N3O/c1-9(2,13)6-11-8-5-3-4-7(10)12-8/h3-5,13H,6H2,1-2H3,(H3,10,11,12). The first-order valence-corrected chi connectivity index (χ1v) is 4.16. The van der Waals surface area contributed by atoms with Gasteiger partial charge in [-0.1, -0.05) is 6.07 Å². The van der Waals surface area contributed by atoms with Gasteiger partial charge in [-0.05, 0) is 26.0 Å². The Morgan fingerprint density at radius 3 is 2.77 bits per heavy atom. The molecule has 0 fully saturated rings. The quantitative estimate of drug-likeness (QED) is 0.646. The van der Waals surface area contributed by atoms with E-state index in [1.165, 1.54) is 0 Å². The van der Waals surface area contributed by atoms with Gasteiger partial charge in [0, 0.05) is 6.54 Å². The monoisotopic (exact) mass is 181 g/mol. The highest BCUT2D eigenvalue weighted by Crippen LogP contribution is 2.08. The summed E-state index contributed by atoms with van der Waals surface area (Å²) < 4.78 is 0. The van der Waals surface area contributed by atoms with Crippen molar-refractivity contribution in [1.82, 2.24) is 4.98 Å². The lowest BCUT2D eigenvalue weighted by atomic mass is 10.1. The molecule has 13 heavy (non-hydrogen) atoms. The van der Waals surface area contributed by atoms with Crippen LogP contribution < -0.4 is 11.1 Å². The molecule has 0 amide bonds. The number of anilines is 2. The topological polar surface area (TPSA) is 71.2 Å². The fourth-order valence-electron chi connectivity index (χ4n) is 0.857. The van der Waals surface area contributed by atoms with Crippen LogP contribution in [0.1, 0.15) is 13.8 Å². The van der Waals surface area contributed by atoms with E-state index in [0.29, 0.717) is 18.2 Å². The summed E-state index contributed by atoms with van der Waals surface area (Å²) >= 11 is 0. The fraction of sp³-hybridized carbons (Fsp3) is 0.444. The lowest BCUT2D eigenvalue weighted by Gasteiger charge is -2.17. The minimum absolute atomic E-state index is 0.448. The van der Waals surface area contributed by atoms with Crippen LogP contribution in [-0.2, 0) is 0 Å². The largest absolute Gasteiger partial charge is 0.389 e. The number of aliphatic hydroxyl groups is 1. The Labute approximate surface area is 77.8 Å². The maximum atomic E-state index is 9.43. The van der Waals surface area contributed by atoms with E-state index in [1.54, 1.807) is 19.9 Å². The molecule has 0 aromatic carbocycles. The SMILES string of the molecule is CC(C)(O)CNc1cccc(N)n1. The van der Waals surface area contributed by atoms with Gasteiger partial charge in [-0.2, -0.15) is 0 Å². The van der Waals surface area contributed by atoms with Crippen molar-refractivity contribution in [3.05, 3.63) is 18.2 Å². The maximum absolute atomic E-state index is 9.43. The Bertz CT molecular complexity index is 280. The number of nitrogens with two attached hydrogens (primary N) is 1. The van der Waals surface area contributed by atoms with Gasteiger partial charge >= 0.3 is 0 Å². The second-order valence-corrected chi connectivity index (χ2v) is 3.61. The molecule has 0 aliphatic carbocycles. The minimum Gasteiger partial charge on any atom is -0.389 e. The Hall–Kier alpha value is -1.29. The third-order valence-electron chi connectivity index (χ3n) is 1.47. The number of hydrogen-bond donors (Lipinski definition) is 3. The molecule has 0 aliphatic heterocycles. The predicted molar refractivity (Wildman–Crippen MR) is 53.4 cm³/mol. The molecule has 1 aromatic rings. The van der Waals surface area contributed by atoms with E-state index < -0.39 is 5.60 Å². The molecule has 0 radical (unpaired) electrons. The molecule has 72 valence electrons. The molecule has 0 saturated carbocycles. The van der Waals surface area contributed by atoms with E-state index in [4.69, 9.17) is 5.73 Å². The molecule has 0 unspecified atom stereocenters. The van der Waals surface area contributed by atoms with Gasteiger partial charge in [-0.3, -0.25) is 0 Å². The summed E-state index contributed by atoms with van der Waals surface area (Å²) in [6.45, 7) is 3.90. The van der Waals surface area contributed by atoms with E-state index in [-0.39, 0.29) is 0 Å². The molecular formula is C9H15N3O. The van der Waals surface area contributed by atoms with Crippen LogP contribution in [0.3, 0.4) is 0 Å². The van der Waals surface area contributed by atoms with Crippen LogP contribution in [0, 0.1) is 0 Å². The summed E-state index contributed by atoms with van der Waals surface area (Å²) in [5.74, 6) is 1.16. The maximum Gasteiger partial charge on any atom is 0.128 e. The summed E-state index contributed by atoms with van der Waals surface area (Å²) in [5, 5.41) is 12.4. The highest BCUT2D eigenvalue weighted by molar-refractivity contribution is 5.42. The average Bonchev–Trinajstić information content (AvgIpc) is 2.00. The number of hydrogen-bond acceptors (Lipinski definition) is 4. The van der Waals surface area contributed by atoms with Crippen molar-refractivity contribution in [2.75, 3.05) is 17.6 Å². The van der Waals surface area contributed by atoms with E-state index >= 15 is 0 Å². The van der Waals surface area contributed by atoms with Crippen LogP contribution >= 0.6 is 0 Å². The van der Waals surface area contributed by atoms with Crippen LogP contribution in [0.25, 0.3) is 0 Å². The normalized spacial score (nSPS) is 11.3. The molecule has 4 heteroatoms. The number of nitrogen functional groups attached to an aromatic ring is 1. The van der Waals surface area contributed by atoms with Gasteiger partial charge in [-0.25, -0.2) is 4.98 Å². The molecule has 4 N–H and O–H groups in total. The third-order valence-corrected chi connectivity index (χ3v) is 1.47. The fourth-order valence-corrected chi connectivity index (χ4v) is 0.857. The van der Waals surface area contributed by atoms with Gasteiger partial charge in [0.1, 0.15) is 11.6 Å². The van der Waals surface area contributed by atoms with Gasteiger partial charge in [0.25, 0.3) is 0 Å². The molecule has 1 aromatic heterocycles. The first-order chi connectivity index (χ1) is 5.97. The first kappa shape index (κ1) is 9.80. The highest BCUT2D eigenvalue weighted by atomic mass is 16.3. The molecule has 4 nitrogen and oxygen atoms in total. The summed E-state index contributed by atoms with van der Waals surface area (Å²) in [5.41, 5.74) is 4.74. The van der Waals surface area contributed by atoms with Crippen LogP contribution in [0.2, 0.25) is 0 Å². The lowest BCUT2D eigenvalue weighted by Crippen LogP contribution is -2.29. The Balaban J connectivity index is 2.55. The molecule has 1 heterocycles. The summed E-state index contributed by atoms with van der Waals surface area (Å²) in [4.78, 5) is 4.03. The van der Waals surface area contributed by atoms with Gasteiger partial charge in [0.2, 0.25) is 0 Å². The molecule has 1 rings (SSSR count). The van der Waals surface area contributed by atoms with Crippen molar-refractivity contribution < 1.29 is 5.11 Å². The van der Waals surface area contributed by atoms with Crippen LogP contribution in [-0.4, -0.2) is 22.2 Å². The van der Waals surface area contributed by atoms with Crippen molar-refractivity contribution in [2.24, 2.45) is 0 Å². The van der Waals surface area contributed by atoms with Crippen molar-refractivity contribution in [1.29, 1.82) is 0 Å². The van der Waals surface area contributed by atoms with Gasteiger partial charge in [0.15, 0.2) is 0 Å². The molecule has 0 atom stereocenters. The number of rotatable bonds is 3. The van der Waals surface area contributed by atoms with E-state index in [2.05, 4.69) is 10.3 Å². The molecule has 0 saturated heterocycles. The molecule has 0 aliphatic rings. The third kappa shape index (κ3) is 3.75. The number of nitrogens with one attached hydrogen (secondary N) is 1. The zero-order valence-electron chi connectivity index (χ0n) is 7.91. The lowest BCUT2D eigenvalue weighted by molar-refractivity contribution is 0.0944. The highest BCUT2D eigenvalue weighted by Gasteiger charge is 2.11. The zero-order chi connectivity index (χ0) is 9.90. The van der Waals surface area contributed by atoms with Crippen molar-refractivity contribution >= 4 is 11.6 Å². The van der Waals surface area contributed by atoms with Crippen molar-refractivity contribution in [2.45, 2.75) is 19.4 Å². The molecule has 0 spiro atoms. The zero-order valence-corrected chi connectivity index (χ0v) is 7.91. The second-order valence-electron chi connectivity index (χ2n) is 3.61.